The molecule has 54 heavy (non-hydrogen) atoms. The molecule has 2 aromatic heterocycles. The van der Waals surface area contributed by atoms with Gasteiger partial charge >= 0.3 is 0 Å². The lowest BCUT2D eigenvalue weighted by Gasteiger charge is -2.56. The topological polar surface area (TPSA) is 86.0 Å². The Morgan fingerprint density at radius 2 is 1.48 bits per heavy atom. The van der Waals surface area contributed by atoms with Gasteiger partial charge in [-0.3, -0.25) is 9.69 Å². The second-order valence-corrected chi connectivity index (χ2v) is 17.4. The first-order valence-electron chi connectivity index (χ1n) is 21.4. The molecule has 5 aliphatic rings. The highest BCUT2D eigenvalue weighted by atomic mass is 16.3. The first-order chi connectivity index (χ1) is 26.5. The van der Waals surface area contributed by atoms with Crippen LogP contribution in [0.15, 0.2) is 60.7 Å². The molecule has 1 saturated heterocycles. The number of aliphatic hydroxyl groups excluding tert-OH is 1. The van der Waals surface area contributed by atoms with Crippen LogP contribution < -0.4 is 10.2 Å². The van der Waals surface area contributed by atoms with Gasteiger partial charge in [-0.05, 0) is 99.0 Å². The van der Waals surface area contributed by atoms with E-state index in [1.165, 1.54) is 88.2 Å². The van der Waals surface area contributed by atoms with E-state index >= 15 is 0 Å². The number of benzene rings is 2. The number of nitrogens with one attached hydrogen (secondary N) is 1. The summed E-state index contributed by atoms with van der Waals surface area (Å²) in [6.07, 6.45) is 18.6. The number of aromatic nitrogens is 3. The van der Waals surface area contributed by atoms with E-state index < -0.39 is 0 Å². The number of hydrogen-bond donors (Lipinski definition) is 2. The minimum atomic E-state index is 0.196. The molecular formula is C46H62N6O2. The summed E-state index contributed by atoms with van der Waals surface area (Å²) < 4.78 is 2.07. The Balaban J connectivity index is 0.840. The fourth-order valence-electron chi connectivity index (χ4n) is 11.2. The van der Waals surface area contributed by atoms with E-state index in [2.05, 4.69) is 87.2 Å². The SMILES string of the molecule is Cc1nn2c(N3CCN(CCO)CC3)cc(-c3ccccc3)nc2c1-c1ccccc1CCCCCCCCCNC(=O)CC12CC3CC(CC(C3)C1)C2. The largest absolute Gasteiger partial charge is 0.395 e. The number of anilines is 1. The molecular weight excluding hydrogens is 669 g/mol. The highest BCUT2D eigenvalue weighted by Gasteiger charge is 2.51. The molecule has 4 bridgehead atoms. The normalized spacial score (nSPS) is 23.7. The van der Waals surface area contributed by atoms with Gasteiger partial charge < -0.3 is 15.3 Å². The van der Waals surface area contributed by atoms with Crippen LogP contribution in [0.25, 0.3) is 28.0 Å². The molecule has 8 heteroatoms. The maximum Gasteiger partial charge on any atom is 0.220 e. The molecule has 0 atom stereocenters. The molecule has 2 N–H and O–H groups in total. The van der Waals surface area contributed by atoms with Crippen LogP contribution in [0, 0.1) is 30.1 Å². The van der Waals surface area contributed by atoms with Crippen molar-refractivity contribution in [1.29, 1.82) is 0 Å². The molecule has 1 aliphatic heterocycles. The van der Waals surface area contributed by atoms with Gasteiger partial charge in [0.1, 0.15) is 5.82 Å². The summed E-state index contributed by atoms with van der Waals surface area (Å²) in [6, 6.07) is 21.6. The molecule has 0 radical (unpaired) electrons. The van der Waals surface area contributed by atoms with Crippen LogP contribution in [-0.2, 0) is 11.2 Å². The standard InChI is InChI=1S/C46H62N6O2/c1-34-44(45-48-41(39-16-9-7-10-17-39)29-43(52(45)49-34)51-22-20-50(21-23-51)24-25-53)40-18-12-11-15-38(40)14-8-5-3-2-4-6-13-19-47-42(54)33-46-30-35-26-36(31-46)28-37(27-35)32-46/h7,9-12,15-18,29,35-37,53H,2-6,8,13-14,19-28,30-33H2,1H3,(H,47,54). The fourth-order valence-corrected chi connectivity index (χ4v) is 11.2. The maximum atomic E-state index is 12.9. The molecule has 8 nitrogen and oxygen atoms in total. The molecule has 288 valence electrons. The third-order valence-corrected chi connectivity index (χ3v) is 13.4. The number of aryl methyl sites for hydroxylation is 2. The van der Waals surface area contributed by atoms with Crippen LogP contribution in [0.1, 0.15) is 101 Å². The van der Waals surface area contributed by atoms with Gasteiger partial charge in [-0.1, -0.05) is 86.7 Å². The number of fused-ring (bicyclic) bond motifs is 1. The van der Waals surface area contributed by atoms with E-state index in [1.807, 2.05) is 0 Å². The highest BCUT2D eigenvalue weighted by molar-refractivity contribution is 5.84. The minimum Gasteiger partial charge on any atom is -0.395 e. The third-order valence-electron chi connectivity index (χ3n) is 13.4. The number of rotatable bonds is 17. The summed E-state index contributed by atoms with van der Waals surface area (Å²) in [6.45, 7) is 7.49. The van der Waals surface area contributed by atoms with Crippen LogP contribution in [0.4, 0.5) is 5.82 Å². The number of hydrogen-bond acceptors (Lipinski definition) is 6. The van der Waals surface area contributed by atoms with Gasteiger partial charge in [0.15, 0.2) is 5.65 Å². The number of aliphatic hydroxyl groups is 1. The van der Waals surface area contributed by atoms with Crippen molar-refractivity contribution >= 4 is 17.4 Å². The average molecular weight is 731 g/mol. The molecule has 4 aromatic rings. The monoisotopic (exact) mass is 730 g/mol. The van der Waals surface area contributed by atoms with Gasteiger partial charge in [-0.2, -0.15) is 9.61 Å². The predicted octanol–water partition coefficient (Wildman–Crippen LogP) is 8.48. The Labute approximate surface area is 322 Å². The number of unbranched alkanes of at least 4 members (excludes halogenated alkanes) is 6. The van der Waals surface area contributed by atoms with Crippen molar-refractivity contribution in [2.45, 2.75) is 103 Å². The summed E-state index contributed by atoms with van der Waals surface area (Å²) in [4.78, 5) is 22.9. The molecule has 5 fully saturated rings. The van der Waals surface area contributed by atoms with Gasteiger partial charge in [0.05, 0.1) is 18.0 Å². The van der Waals surface area contributed by atoms with Gasteiger partial charge in [-0.25, -0.2) is 4.98 Å². The molecule has 1 amide bonds. The Morgan fingerprint density at radius 3 is 2.19 bits per heavy atom. The van der Waals surface area contributed by atoms with Crippen LogP contribution in [0.2, 0.25) is 0 Å². The summed E-state index contributed by atoms with van der Waals surface area (Å²) in [5.74, 6) is 4.13. The van der Waals surface area contributed by atoms with Gasteiger partial charge in [0.2, 0.25) is 5.91 Å². The van der Waals surface area contributed by atoms with Crippen molar-refractivity contribution in [3.8, 4) is 22.4 Å². The molecule has 9 rings (SSSR count). The van der Waals surface area contributed by atoms with Crippen LogP contribution >= 0.6 is 0 Å². The number of nitrogens with zero attached hydrogens (tertiary/aromatic N) is 5. The van der Waals surface area contributed by atoms with E-state index in [0.29, 0.717) is 11.3 Å². The Bertz CT molecular complexity index is 1830. The van der Waals surface area contributed by atoms with Gasteiger partial charge in [-0.15, -0.1) is 0 Å². The number of amides is 1. The molecule has 4 saturated carbocycles. The Morgan fingerprint density at radius 1 is 0.833 bits per heavy atom. The average Bonchev–Trinajstić information content (AvgIpc) is 3.50. The zero-order chi connectivity index (χ0) is 36.9. The van der Waals surface area contributed by atoms with Crippen LogP contribution in [-0.4, -0.2) is 76.4 Å². The number of β-amino-alcohol motifs (C(OH)–C–C–N with tert-alkyl or cyclic N) is 1. The van der Waals surface area contributed by atoms with Crippen molar-refractivity contribution in [2.24, 2.45) is 23.2 Å². The second kappa shape index (κ2) is 16.9. The predicted molar refractivity (Wildman–Crippen MR) is 219 cm³/mol. The summed E-state index contributed by atoms with van der Waals surface area (Å²) in [7, 11) is 0. The number of carbonyl (C=O) groups is 1. The van der Waals surface area contributed by atoms with Gasteiger partial charge in [0, 0.05) is 62.9 Å². The fraction of sp³-hybridized carbons (Fsp3) is 0.587. The lowest BCUT2D eigenvalue weighted by molar-refractivity contribution is -0.129. The van der Waals surface area contributed by atoms with E-state index in [0.717, 1.165) is 110 Å². The first-order valence-corrected chi connectivity index (χ1v) is 21.4. The molecule has 4 aliphatic carbocycles. The van der Waals surface area contributed by atoms with E-state index in [9.17, 15) is 9.90 Å². The molecule has 3 heterocycles. The first kappa shape index (κ1) is 37.2. The summed E-state index contributed by atoms with van der Waals surface area (Å²) in [5, 5.41) is 17.9. The van der Waals surface area contributed by atoms with Crippen LogP contribution in [0.3, 0.4) is 0 Å². The van der Waals surface area contributed by atoms with Crippen molar-refractivity contribution in [3.05, 3.63) is 71.9 Å². The van der Waals surface area contributed by atoms with E-state index in [-0.39, 0.29) is 6.61 Å². The smallest absolute Gasteiger partial charge is 0.220 e. The summed E-state index contributed by atoms with van der Waals surface area (Å²) in [5.41, 5.74) is 8.08. The van der Waals surface area contributed by atoms with E-state index in [4.69, 9.17) is 10.1 Å². The lowest BCUT2D eigenvalue weighted by Crippen LogP contribution is -2.48. The van der Waals surface area contributed by atoms with Crippen molar-refractivity contribution < 1.29 is 9.90 Å². The van der Waals surface area contributed by atoms with E-state index in [1.54, 1.807) is 0 Å². The lowest BCUT2D eigenvalue weighted by atomic mass is 9.49. The number of piperazine rings is 1. The quantitative estimate of drug-likeness (QED) is 0.106. The van der Waals surface area contributed by atoms with Gasteiger partial charge in [0.25, 0.3) is 0 Å². The Hall–Kier alpha value is -3.75. The Kier molecular flexibility index (Phi) is 11.7. The maximum absolute atomic E-state index is 12.9. The van der Waals surface area contributed by atoms with Crippen molar-refractivity contribution in [3.63, 3.8) is 0 Å². The zero-order valence-corrected chi connectivity index (χ0v) is 32.7. The minimum absolute atomic E-state index is 0.196. The molecule has 2 aromatic carbocycles. The second-order valence-electron chi connectivity index (χ2n) is 17.4. The molecule has 0 spiro atoms. The van der Waals surface area contributed by atoms with Crippen molar-refractivity contribution in [2.75, 3.05) is 50.8 Å². The molecule has 0 unspecified atom stereocenters. The highest BCUT2D eigenvalue weighted by Crippen LogP contribution is 2.61. The third kappa shape index (κ3) is 8.40. The zero-order valence-electron chi connectivity index (χ0n) is 32.7. The van der Waals surface area contributed by atoms with Crippen LogP contribution in [0.5, 0.6) is 0 Å². The number of carbonyl (C=O) groups excluding carboxylic acids is 1. The summed E-state index contributed by atoms with van der Waals surface area (Å²) >= 11 is 0. The van der Waals surface area contributed by atoms with Crippen molar-refractivity contribution in [1.82, 2.24) is 24.8 Å².